The number of carbonyl (C=O) groups is 1. The summed E-state index contributed by atoms with van der Waals surface area (Å²) in [7, 11) is 0. The maximum absolute atomic E-state index is 12.2. The average molecular weight is 302 g/mol. The van der Waals surface area contributed by atoms with Gasteiger partial charge >= 0.3 is 0 Å². The van der Waals surface area contributed by atoms with Gasteiger partial charge in [-0.1, -0.05) is 23.2 Å². The summed E-state index contributed by atoms with van der Waals surface area (Å²) >= 11 is 11.8. The lowest BCUT2D eigenvalue weighted by atomic mass is 10.2. The van der Waals surface area contributed by atoms with Crippen LogP contribution in [0.4, 0.5) is 11.4 Å². The number of rotatable bonds is 3. The molecule has 0 aliphatic carbocycles. The van der Waals surface area contributed by atoms with E-state index < -0.39 is 0 Å². The Labute approximate surface area is 122 Å². The van der Waals surface area contributed by atoms with Gasteiger partial charge in [0.15, 0.2) is 0 Å². The highest BCUT2D eigenvalue weighted by molar-refractivity contribution is 6.42. The van der Waals surface area contributed by atoms with Crippen LogP contribution in [0.25, 0.3) is 0 Å². The Kier molecular flexibility index (Phi) is 4.42. The lowest BCUT2D eigenvalue weighted by Crippen LogP contribution is -2.39. The van der Waals surface area contributed by atoms with E-state index in [0.29, 0.717) is 21.4 Å². The number of nitrogens with two attached hydrogens (primary N) is 1. The maximum Gasteiger partial charge on any atom is 0.244 e. The number of anilines is 2. The van der Waals surface area contributed by atoms with E-state index in [0.717, 1.165) is 25.9 Å². The van der Waals surface area contributed by atoms with Crippen LogP contribution in [0.3, 0.4) is 0 Å². The normalized spacial score (nSPS) is 16.5. The van der Waals surface area contributed by atoms with Gasteiger partial charge in [-0.15, -0.1) is 0 Å². The number of amides is 1. The first-order valence-electron chi connectivity index (χ1n) is 6.29. The molecule has 3 N–H and O–H groups in total. The summed E-state index contributed by atoms with van der Waals surface area (Å²) in [6, 6.07) is 2.89. The van der Waals surface area contributed by atoms with Crippen LogP contribution < -0.4 is 11.1 Å². The Hall–Kier alpha value is -1.13. The zero-order chi connectivity index (χ0) is 14.0. The minimum absolute atomic E-state index is 0.0861. The van der Waals surface area contributed by atoms with E-state index >= 15 is 0 Å². The van der Waals surface area contributed by atoms with Crippen LogP contribution in [0, 0.1) is 0 Å². The highest BCUT2D eigenvalue weighted by Gasteiger charge is 2.23. The van der Waals surface area contributed by atoms with Crippen molar-refractivity contribution in [1.29, 1.82) is 0 Å². The van der Waals surface area contributed by atoms with Crippen molar-refractivity contribution in [2.45, 2.75) is 25.8 Å². The van der Waals surface area contributed by atoms with Crippen molar-refractivity contribution in [3.05, 3.63) is 22.2 Å². The van der Waals surface area contributed by atoms with E-state index in [1.165, 1.54) is 0 Å². The fourth-order valence-electron chi connectivity index (χ4n) is 2.19. The zero-order valence-electron chi connectivity index (χ0n) is 10.7. The number of nitrogens with one attached hydrogen (secondary N) is 1. The molecule has 1 saturated heterocycles. The van der Waals surface area contributed by atoms with Gasteiger partial charge in [-0.25, -0.2) is 0 Å². The number of hydrogen-bond acceptors (Lipinski definition) is 3. The second kappa shape index (κ2) is 5.88. The molecule has 0 radical (unpaired) electrons. The molecule has 0 spiro atoms. The zero-order valence-corrected chi connectivity index (χ0v) is 12.3. The Bertz CT molecular complexity index is 487. The van der Waals surface area contributed by atoms with Gasteiger partial charge < -0.3 is 16.0 Å². The third-order valence-electron chi connectivity index (χ3n) is 3.25. The van der Waals surface area contributed by atoms with Crippen LogP contribution in [-0.4, -0.2) is 29.9 Å². The SMILES string of the molecule is CC(Nc1cc(Cl)c(Cl)cc1N)C(=O)N1CCCC1. The molecule has 104 valence electrons. The molecule has 4 nitrogen and oxygen atoms in total. The van der Waals surface area contributed by atoms with Crippen molar-refractivity contribution in [3.63, 3.8) is 0 Å². The summed E-state index contributed by atoms with van der Waals surface area (Å²) in [5.41, 5.74) is 6.98. The summed E-state index contributed by atoms with van der Waals surface area (Å²) in [6.45, 7) is 3.49. The van der Waals surface area contributed by atoms with Crippen molar-refractivity contribution < 1.29 is 4.79 Å². The molecule has 0 bridgehead atoms. The van der Waals surface area contributed by atoms with Gasteiger partial charge in [0, 0.05) is 13.1 Å². The predicted octanol–water partition coefficient (Wildman–Crippen LogP) is 3.00. The first-order chi connectivity index (χ1) is 8.99. The molecule has 1 aromatic rings. The largest absolute Gasteiger partial charge is 0.397 e. The van der Waals surface area contributed by atoms with Crippen molar-refractivity contribution >= 4 is 40.5 Å². The Morgan fingerprint density at radius 3 is 2.53 bits per heavy atom. The number of nitrogen functional groups attached to an aromatic ring is 1. The van der Waals surface area contributed by atoms with Crippen molar-refractivity contribution in [1.82, 2.24) is 4.90 Å². The third kappa shape index (κ3) is 3.25. The van der Waals surface area contributed by atoms with Gasteiger partial charge in [0.1, 0.15) is 6.04 Å². The molecule has 1 heterocycles. The van der Waals surface area contributed by atoms with E-state index in [1.54, 1.807) is 12.1 Å². The molecule has 1 aliphatic heterocycles. The minimum atomic E-state index is -0.336. The van der Waals surface area contributed by atoms with Crippen LogP contribution >= 0.6 is 23.2 Å². The van der Waals surface area contributed by atoms with Gasteiger partial charge in [0.05, 0.1) is 21.4 Å². The van der Waals surface area contributed by atoms with E-state index in [4.69, 9.17) is 28.9 Å². The summed E-state index contributed by atoms with van der Waals surface area (Å²) in [5.74, 6) is 0.0861. The van der Waals surface area contributed by atoms with E-state index in [-0.39, 0.29) is 11.9 Å². The van der Waals surface area contributed by atoms with Crippen molar-refractivity contribution in [3.8, 4) is 0 Å². The maximum atomic E-state index is 12.2. The van der Waals surface area contributed by atoms with E-state index in [2.05, 4.69) is 5.32 Å². The lowest BCUT2D eigenvalue weighted by Gasteiger charge is -2.22. The second-order valence-corrected chi connectivity index (χ2v) is 5.57. The van der Waals surface area contributed by atoms with Crippen molar-refractivity contribution in [2.75, 3.05) is 24.1 Å². The summed E-state index contributed by atoms with van der Waals surface area (Å²) in [5, 5.41) is 3.92. The van der Waals surface area contributed by atoms with Gasteiger partial charge in [0.2, 0.25) is 5.91 Å². The summed E-state index contributed by atoms with van der Waals surface area (Å²) < 4.78 is 0. The predicted molar refractivity (Wildman–Crippen MR) is 79.8 cm³/mol. The first-order valence-corrected chi connectivity index (χ1v) is 7.04. The molecule has 0 aromatic heterocycles. The molecule has 1 aliphatic rings. The summed E-state index contributed by atoms with van der Waals surface area (Å²) in [6.07, 6.45) is 2.15. The first kappa shape index (κ1) is 14.3. The van der Waals surface area contributed by atoms with Crippen LogP contribution in [-0.2, 0) is 4.79 Å². The number of nitrogens with zero attached hydrogens (tertiary/aromatic N) is 1. The Morgan fingerprint density at radius 2 is 1.89 bits per heavy atom. The molecular weight excluding hydrogens is 285 g/mol. The van der Waals surface area contributed by atoms with Crippen LogP contribution in [0.1, 0.15) is 19.8 Å². The van der Waals surface area contributed by atoms with E-state index in [9.17, 15) is 4.79 Å². The van der Waals surface area contributed by atoms with Gasteiger partial charge in [0.25, 0.3) is 0 Å². The molecule has 1 fully saturated rings. The number of halogens is 2. The number of hydrogen-bond donors (Lipinski definition) is 2. The standard InChI is InChI=1S/C13H17Cl2N3O/c1-8(13(19)18-4-2-3-5-18)17-12-7-10(15)9(14)6-11(12)16/h6-8,17H,2-5,16H2,1H3. The van der Waals surface area contributed by atoms with Crippen LogP contribution in [0.15, 0.2) is 12.1 Å². The average Bonchev–Trinajstić information content (AvgIpc) is 2.88. The van der Waals surface area contributed by atoms with E-state index in [1.807, 2.05) is 11.8 Å². The lowest BCUT2D eigenvalue weighted by molar-refractivity contribution is -0.130. The highest BCUT2D eigenvalue weighted by Crippen LogP contribution is 2.31. The van der Waals surface area contributed by atoms with Crippen LogP contribution in [0.2, 0.25) is 10.0 Å². The number of likely N-dealkylation sites (tertiary alicyclic amines) is 1. The van der Waals surface area contributed by atoms with Gasteiger partial charge in [-0.2, -0.15) is 0 Å². The molecule has 6 heteroatoms. The molecule has 1 aromatic carbocycles. The number of benzene rings is 1. The molecule has 2 rings (SSSR count). The highest BCUT2D eigenvalue weighted by atomic mass is 35.5. The summed E-state index contributed by atoms with van der Waals surface area (Å²) in [4.78, 5) is 14.0. The quantitative estimate of drug-likeness (QED) is 0.844. The molecule has 19 heavy (non-hydrogen) atoms. The molecule has 0 saturated carbocycles. The molecule has 1 atom stereocenters. The molecule has 1 unspecified atom stereocenters. The third-order valence-corrected chi connectivity index (χ3v) is 3.97. The second-order valence-electron chi connectivity index (χ2n) is 4.75. The van der Waals surface area contributed by atoms with Gasteiger partial charge in [-0.05, 0) is 31.9 Å². The molecule has 1 amide bonds. The topological polar surface area (TPSA) is 58.4 Å². The fourth-order valence-corrected chi connectivity index (χ4v) is 2.53. The Balaban J connectivity index is 2.08. The molecular formula is C13H17Cl2N3O. The smallest absolute Gasteiger partial charge is 0.244 e. The minimum Gasteiger partial charge on any atom is -0.397 e. The monoisotopic (exact) mass is 301 g/mol. The van der Waals surface area contributed by atoms with Gasteiger partial charge in [-0.3, -0.25) is 4.79 Å². The fraction of sp³-hybridized carbons (Fsp3) is 0.462. The number of carbonyl (C=O) groups excluding carboxylic acids is 1. The van der Waals surface area contributed by atoms with Crippen molar-refractivity contribution in [2.24, 2.45) is 0 Å². The Morgan fingerprint density at radius 1 is 1.32 bits per heavy atom. The van der Waals surface area contributed by atoms with Crippen LogP contribution in [0.5, 0.6) is 0 Å².